The second-order valence-corrected chi connectivity index (χ2v) is 4.58. The molecule has 0 fully saturated rings. The van der Waals surface area contributed by atoms with Crippen LogP contribution in [0, 0.1) is 0 Å². The Hall–Kier alpha value is -2.03. The molecule has 2 aromatic rings. The van der Waals surface area contributed by atoms with E-state index in [2.05, 4.69) is 5.32 Å². The van der Waals surface area contributed by atoms with Crippen molar-refractivity contribution >= 4 is 11.5 Å². The van der Waals surface area contributed by atoms with Gasteiger partial charge in [0.15, 0.2) is 0 Å². The number of carbonyl (C=O) groups is 1. The Morgan fingerprint density at radius 3 is 3.00 bits per heavy atom. The van der Waals surface area contributed by atoms with Crippen LogP contribution in [-0.4, -0.2) is 12.3 Å². The van der Waals surface area contributed by atoms with Crippen LogP contribution in [-0.2, 0) is 11.2 Å². The van der Waals surface area contributed by atoms with Crippen molar-refractivity contribution in [2.45, 2.75) is 18.8 Å². The second-order valence-electron chi connectivity index (χ2n) is 4.58. The number of hydrogen-bond donors (Lipinski definition) is 1. The number of para-hydroxylation sites is 1. The fourth-order valence-electron chi connectivity index (χ4n) is 2.51. The minimum Gasteiger partial charge on any atom is -0.469 e. The Morgan fingerprint density at radius 2 is 2.17 bits per heavy atom. The summed E-state index contributed by atoms with van der Waals surface area (Å²) in [4.78, 5) is 12.3. The normalized spacial score (nSPS) is 17.9. The molecule has 3 rings (SSSR count). The van der Waals surface area contributed by atoms with E-state index < -0.39 is 0 Å². The topological polar surface area (TPSA) is 42.2 Å². The van der Waals surface area contributed by atoms with Gasteiger partial charge in [-0.3, -0.25) is 4.79 Å². The number of Topliss-reactive ketones (excluding diaryl/α,β-unsaturated/α-hetero) is 1. The molecule has 1 unspecified atom stereocenters. The molecule has 1 atom stereocenters. The number of nitrogens with one attached hydrogen (secondary N) is 1. The van der Waals surface area contributed by atoms with E-state index in [1.54, 1.807) is 6.26 Å². The molecule has 0 amide bonds. The molecule has 1 N–H and O–H groups in total. The summed E-state index contributed by atoms with van der Waals surface area (Å²) in [6, 6.07) is 11.7. The third kappa shape index (κ3) is 2.04. The van der Waals surface area contributed by atoms with Crippen molar-refractivity contribution in [3.63, 3.8) is 0 Å². The molecule has 3 heteroatoms. The zero-order chi connectivity index (χ0) is 12.4. The minimum absolute atomic E-state index is 0.00690. The second kappa shape index (κ2) is 4.69. The van der Waals surface area contributed by atoms with Crippen molar-refractivity contribution < 1.29 is 9.21 Å². The quantitative estimate of drug-likeness (QED) is 0.898. The molecular formula is C15H15NO2. The number of carbonyl (C=O) groups excluding carboxylic acids is 1. The van der Waals surface area contributed by atoms with E-state index >= 15 is 0 Å². The van der Waals surface area contributed by atoms with Crippen LogP contribution in [0.3, 0.4) is 0 Å². The lowest BCUT2D eigenvalue weighted by Crippen LogP contribution is -2.24. The molecule has 0 radical (unpaired) electrons. The Balaban J connectivity index is 1.83. The SMILES string of the molecule is O=C(Cc1ccco1)C1CCNc2ccccc21. The average molecular weight is 241 g/mol. The molecule has 0 saturated heterocycles. The van der Waals surface area contributed by atoms with Gasteiger partial charge in [-0.05, 0) is 30.2 Å². The molecule has 0 saturated carbocycles. The van der Waals surface area contributed by atoms with Gasteiger partial charge in [0, 0.05) is 18.2 Å². The number of furan rings is 1. The highest BCUT2D eigenvalue weighted by molar-refractivity contribution is 5.89. The van der Waals surface area contributed by atoms with Crippen molar-refractivity contribution in [3.8, 4) is 0 Å². The van der Waals surface area contributed by atoms with Crippen LogP contribution in [0.15, 0.2) is 47.1 Å². The smallest absolute Gasteiger partial charge is 0.147 e. The predicted molar refractivity (Wildman–Crippen MR) is 69.7 cm³/mol. The highest BCUT2D eigenvalue weighted by Crippen LogP contribution is 2.32. The third-order valence-electron chi connectivity index (χ3n) is 3.40. The maximum Gasteiger partial charge on any atom is 0.147 e. The number of ketones is 1. The van der Waals surface area contributed by atoms with Crippen molar-refractivity contribution in [1.29, 1.82) is 0 Å². The lowest BCUT2D eigenvalue weighted by molar-refractivity contribution is -0.120. The van der Waals surface area contributed by atoms with Crippen molar-refractivity contribution in [2.75, 3.05) is 11.9 Å². The summed E-state index contributed by atoms with van der Waals surface area (Å²) in [5, 5.41) is 3.33. The Bertz CT molecular complexity index is 545. The van der Waals surface area contributed by atoms with Gasteiger partial charge in [0.2, 0.25) is 0 Å². The summed E-state index contributed by atoms with van der Waals surface area (Å²) in [5.41, 5.74) is 2.20. The number of anilines is 1. The van der Waals surface area contributed by atoms with E-state index in [1.807, 2.05) is 36.4 Å². The molecular weight excluding hydrogens is 226 g/mol. The molecule has 2 heterocycles. The molecule has 0 aliphatic carbocycles. The highest BCUT2D eigenvalue weighted by atomic mass is 16.3. The van der Waals surface area contributed by atoms with Gasteiger partial charge in [0.1, 0.15) is 11.5 Å². The van der Waals surface area contributed by atoms with Crippen LogP contribution < -0.4 is 5.32 Å². The van der Waals surface area contributed by atoms with Crippen LogP contribution in [0.4, 0.5) is 5.69 Å². The zero-order valence-corrected chi connectivity index (χ0v) is 10.1. The fourth-order valence-corrected chi connectivity index (χ4v) is 2.51. The summed E-state index contributed by atoms with van der Waals surface area (Å²) < 4.78 is 5.25. The summed E-state index contributed by atoms with van der Waals surface area (Å²) in [6.45, 7) is 0.853. The van der Waals surface area contributed by atoms with Gasteiger partial charge in [0.25, 0.3) is 0 Å². The highest BCUT2D eigenvalue weighted by Gasteiger charge is 2.26. The van der Waals surface area contributed by atoms with E-state index in [-0.39, 0.29) is 11.7 Å². The molecule has 1 aliphatic rings. The van der Waals surface area contributed by atoms with Crippen LogP contribution in [0.2, 0.25) is 0 Å². The molecule has 1 aromatic heterocycles. The lowest BCUT2D eigenvalue weighted by atomic mass is 9.86. The predicted octanol–water partition coefficient (Wildman–Crippen LogP) is 2.99. The molecule has 0 spiro atoms. The van der Waals surface area contributed by atoms with Crippen LogP contribution in [0.1, 0.15) is 23.7 Å². The number of rotatable bonds is 3. The minimum atomic E-state index is -0.00690. The third-order valence-corrected chi connectivity index (χ3v) is 3.40. The number of benzene rings is 1. The van der Waals surface area contributed by atoms with E-state index in [0.29, 0.717) is 6.42 Å². The Morgan fingerprint density at radius 1 is 1.28 bits per heavy atom. The Labute approximate surface area is 106 Å². The number of fused-ring (bicyclic) bond motifs is 1. The van der Waals surface area contributed by atoms with Crippen molar-refractivity contribution in [3.05, 3.63) is 54.0 Å². The van der Waals surface area contributed by atoms with Gasteiger partial charge in [-0.2, -0.15) is 0 Å². The standard InChI is InChI=1S/C15H15NO2/c17-15(10-11-4-3-9-18-11)13-7-8-16-14-6-2-1-5-12(13)14/h1-6,9,13,16H,7-8,10H2. The van der Waals surface area contributed by atoms with Crippen molar-refractivity contribution in [2.24, 2.45) is 0 Å². The molecule has 0 bridgehead atoms. The van der Waals surface area contributed by atoms with Crippen LogP contribution in [0.5, 0.6) is 0 Å². The van der Waals surface area contributed by atoms with Gasteiger partial charge in [-0.15, -0.1) is 0 Å². The van der Waals surface area contributed by atoms with E-state index in [4.69, 9.17) is 4.42 Å². The fraction of sp³-hybridized carbons (Fsp3) is 0.267. The molecule has 1 aliphatic heterocycles. The molecule has 1 aromatic carbocycles. The summed E-state index contributed by atoms with van der Waals surface area (Å²) in [6.07, 6.45) is 2.85. The van der Waals surface area contributed by atoms with Gasteiger partial charge < -0.3 is 9.73 Å². The van der Waals surface area contributed by atoms with Gasteiger partial charge >= 0.3 is 0 Å². The van der Waals surface area contributed by atoms with E-state index in [1.165, 1.54) is 0 Å². The number of hydrogen-bond acceptors (Lipinski definition) is 3. The molecule has 18 heavy (non-hydrogen) atoms. The average Bonchev–Trinajstić information content (AvgIpc) is 2.91. The lowest BCUT2D eigenvalue weighted by Gasteiger charge is -2.25. The summed E-state index contributed by atoms with van der Waals surface area (Å²) in [7, 11) is 0. The van der Waals surface area contributed by atoms with Gasteiger partial charge in [-0.1, -0.05) is 18.2 Å². The van der Waals surface area contributed by atoms with Crippen molar-refractivity contribution in [1.82, 2.24) is 0 Å². The first-order valence-electron chi connectivity index (χ1n) is 6.22. The Kier molecular flexibility index (Phi) is 2.89. The maximum absolute atomic E-state index is 12.3. The first-order chi connectivity index (χ1) is 8.84. The zero-order valence-electron chi connectivity index (χ0n) is 10.1. The van der Waals surface area contributed by atoms with Gasteiger partial charge in [0.05, 0.1) is 12.7 Å². The first-order valence-corrected chi connectivity index (χ1v) is 6.22. The largest absolute Gasteiger partial charge is 0.469 e. The van der Waals surface area contributed by atoms with E-state index in [9.17, 15) is 4.79 Å². The van der Waals surface area contributed by atoms with Crippen LogP contribution in [0.25, 0.3) is 0 Å². The first kappa shape index (κ1) is 11.1. The van der Waals surface area contributed by atoms with Crippen LogP contribution >= 0.6 is 0 Å². The van der Waals surface area contributed by atoms with Gasteiger partial charge in [-0.25, -0.2) is 0 Å². The summed E-state index contributed by atoms with van der Waals surface area (Å²) in [5.74, 6) is 0.975. The summed E-state index contributed by atoms with van der Waals surface area (Å²) >= 11 is 0. The van der Waals surface area contributed by atoms with E-state index in [0.717, 1.165) is 30.0 Å². The molecule has 92 valence electrons. The maximum atomic E-state index is 12.3. The molecule has 3 nitrogen and oxygen atoms in total. The monoisotopic (exact) mass is 241 g/mol.